The van der Waals surface area contributed by atoms with E-state index in [2.05, 4.69) is 30.5 Å². The third kappa shape index (κ3) is 5.35. The van der Waals surface area contributed by atoms with Gasteiger partial charge in [0.1, 0.15) is 5.82 Å². The van der Waals surface area contributed by atoms with E-state index in [9.17, 15) is 14.3 Å². The Morgan fingerprint density at radius 1 is 1.21 bits per heavy atom. The summed E-state index contributed by atoms with van der Waals surface area (Å²) in [5.41, 5.74) is 2.41. The smallest absolute Gasteiger partial charge is 0.285 e. The van der Waals surface area contributed by atoms with Crippen molar-refractivity contribution >= 4 is 39.9 Å². The number of rotatable bonds is 6. The number of pyridine rings is 1. The number of hydrogen-bond acceptors (Lipinski definition) is 8. The highest BCUT2D eigenvalue weighted by molar-refractivity contribution is 8.17. The number of benzene rings is 1. The summed E-state index contributed by atoms with van der Waals surface area (Å²) in [6.07, 6.45) is 4.49. The van der Waals surface area contributed by atoms with Gasteiger partial charge in [0.25, 0.3) is 5.24 Å². The minimum Gasteiger partial charge on any atom is -0.369 e. The van der Waals surface area contributed by atoms with Crippen molar-refractivity contribution in [2.45, 2.75) is 25.6 Å². The van der Waals surface area contributed by atoms with Gasteiger partial charge in [0.05, 0.1) is 16.9 Å². The zero-order valence-corrected chi connectivity index (χ0v) is 19.3. The molecular formula is C24H25FN6O2S. The summed E-state index contributed by atoms with van der Waals surface area (Å²) in [6.45, 7) is 3.31. The average molecular weight is 481 g/mol. The molecule has 34 heavy (non-hydrogen) atoms. The number of carbonyl (C=O) groups excluding carboxylic acids is 1. The number of thioether (sulfide) groups is 1. The zero-order valence-electron chi connectivity index (χ0n) is 18.4. The van der Waals surface area contributed by atoms with Crippen molar-refractivity contribution in [3.63, 3.8) is 0 Å². The number of halogens is 1. The number of anilines is 1. The van der Waals surface area contributed by atoms with Gasteiger partial charge in [0.2, 0.25) is 5.95 Å². The first-order valence-corrected chi connectivity index (χ1v) is 12.1. The Balaban J connectivity index is 1.12. The summed E-state index contributed by atoms with van der Waals surface area (Å²) < 4.78 is 13.3. The molecule has 2 aliphatic heterocycles. The van der Waals surface area contributed by atoms with E-state index in [-0.39, 0.29) is 11.1 Å². The quantitative estimate of drug-likeness (QED) is 0.494. The zero-order chi connectivity index (χ0) is 23.5. The summed E-state index contributed by atoms with van der Waals surface area (Å²) in [5, 5.41) is 16.4. The molecule has 1 unspecified atom stereocenters. The van der Waals surface area contributed by atoms with Gasteiger partial charge in [-0.2, -0.15) is 0 Å². The Bertz CT molecular complexity index is 1230. The first-order valence-electron chi connectivity index (χ1n) is 11.3. The topological polar surface area (TPSA) is 103 Å². The van der Waals surface area contributed by atoms with E-state index in [4.69, 9.17) is 0 Å². The molecule has 0 spiro atoms. The SMILES string of the molecule is O=C1NC(O)C(=Cc2ccnc(N3CCC(CNCc4ccc5cc(F)ccc5n4)CC3)n2)S1. The lowest BCUT2D eigenvalue weighted by Gasteiger charge is -2.32. The molecule has 2 aliphatic rings. The lowest BCUT2D eigenvalue weighted by atomic mass is 9.97. The number of amides is 1. The molecule has 0 bridgehead atoms. The van der Waals surface area contributed by atoms with Crippen LogP contribution in [0.1, 0.15) is 24.2 Å². The molecule has 0 radical (unpaired) electrons. The highest BCUT2D eigenvalue weighted by Gasteiger charge is 2.26. The van der Waals surface area contributed by atoms with Gasteiger partial charge in [-0.05, 0) is 73.5 Å². The molecule has 10 heteroatoms. The number of hydrogen-bond donors (Lipinski definition) is 3. The lowest BCUT2D eigenvalue weighted by Crippen LogP contribution is -2.38. The molecule has 4 heterocycles. The normalized spacial score (nSPS) is 20.3. The highest BCUT2D eigenvalue weighted by atomic mass is 32.2. The van der Waals surface area contributed by atoms with Crippen LogP contribution in [-0.2, 0) is 6.54 Å². The summed E-state index contributed by atoms with van der Waals surface area (Å²) >= 11 is 0.978. The monoisotopic (exact) mass is 480 g/mol. The van der Waals surface area contributed by atoms with Crippen LogP contribution in [0, 0.1) is 11.7 Å². The molecule has 0 aliphatic carbocycles. The van der Waals surface area contributed by atoms with E-state index in [1.807, 2.05) is 12.1 Å². The molecule has 0 saturated carbocycles. The van der Waals surface area contributed by atoms with Crippen LogP contribution in [0.5, 0.6) is 0 Å². The number of piperidine rings is 1. The maximum absolute atomic E-state index is 13.3. The second-order valence-corrected chi connectivity index (χ2v) is 9.51. The van der Waals surface area contributed by atoms with Gasteiger partial charge < -0.3 is 20.6 Å². The van der Waals surface area contributed by atoms with Crippen molar-refractivity contribution in [3.8, 4) is 0 Å². The number of nitrogens with one attached hydrogen (secondary N) is 2. The van der Waals surface area contributed by atoms with Crippen molar-refractivity contribution in [3.05, 3.63) is 64.7 Å². The Hall–Kier alpha value is -3.08. The number of aliphatic hydroxyl groups excluding tert-OH is 1. The molecule has 1 aromatic carbocycles. The van der Waals surface area contributed by atoms with E-state index >= 15 is 0 Å². The van der Waals surface area contributed by atoms with Crippen molar-refractivity contribution in [1.29, 1.82) is 0 Å². The third-order valence-corrected chi connectivity index (χ3v) is 6.91. The minimum absolute atomic E-state index is 0.249. The van der Waals surface area contributed by atoms with Crippen molar-refractivity contribution in [2.24, 2.45) is 5.92 Å². The van der Waals surface area contributed by atoms with Crippen LogP contribution in [0.4, 0.5) is 15.1 Å². The fourth-order valence-electron chi connectivity index (χ4n) is 4.20. The fourth-order valence-corrected chi connectivity index (χ4v) is 4.94. The van der Waals surface area contributed by atoms with Crippen LogP contribution in [-0.4, -0.2) is 51.2 Å². The van der Waals surface area contributed by atoms with Gasteiger partial charge in [-0.25, -0.2) is 14.4 Å². The van der Waals surface area contributed by atoms with Crippen LogP contribution in [0.2, 0.25) is 0 Å². The van der Waals surface area contributed by atoms with E-state index in [0.717, 1.165) is 60.8 Å². The number of aromatic nitrogens is 3. The largest absolute Gasteiger partial charge is 0.369 e. The second-order valence-electron chi connectivity index (χ2n) is 8.47. The predicted molar refractivity (Wildman–Crippen MR) is 130 cm³/mol. The van der Waals surface area contributed by atoms with Crippen LogP contribution < -0.4 is 15.5 Å². The second kappa shape index (κ2) is 10.0. The third-order valence-electron chi connectivity index (χ3n) is 6.03. The molecule has 1 amide bonds. The first kappa shape index (κ1) is 22.7. The molecule has 1 atom stereocenters. The van der Waals surface area contributed by atoms with Gasteiger partial charge in [-0.1, -0.05) is 6.07 Å². The van der Waals surface area contributed by atoms with Crippen LogP contribution >= 0.6 is 11.8 Å². The van der Waals surface area contributed by atoms with E-state index in [1.165, 1.54) is 12.1 Å². The Morgan fingerprint density at radius 2 is 2.06 bits per heavy atom. The Labute approximate surface area is 200 Å². The standard InChI is InChI=1S/C24H25FN6O2S/c25-17-2-4-20-16(11-17)1-3-19(28-20)14-26-13-15-6-9-31(10-7-15)23-27-8-5-18(29-23)12-21-22(32)30-24(33)34-21/h1-5,8,11-12,15,22,26,32H,6-7,9-10,13-14H2,(H,30,33). The summed E-state index contributed by atoms with van der Waals surface area (Å²) in [7, 11) is 0. The average Bonchev–Trinajstić information content (AvgIpc) is 3.16. The number of fused-ring (bicyclic) bond motifs is 1. The van der Waals surface area contributed by atoms with E-state index < -0.39 is 6.23 Å². The van der Waals surface area contributed by atoms with Gasteiger partial charge in [-0.3, -0.25) is 9.78 Å². The first-order chi connectivity index (χ1) is 16.5. The summed E-state index contributed by atoms with van der Waals surface area (Å²) in [4.78, 5) is 27.7. The minimum atomic E-state index is -0.980. The molecule has 3 aromatic rings. The molecule has 2 aromatic heterocycles. The van der Waals surface area contributed by atoms with Crippen molar-refractivity contribution in [2.75, 3.05) is 24.5 Å². The van der Waals surface area contributed by atoms with Gasteiger partial charge in [-0.15, -0.1) is 0 Å². The molecule has 176 valence electrons. The van der Waals surface area contributed by atoms with E-state index in [0.29, 0.717) is 29.0 Å². The Morgan fingerprint density at radius 3 is 2.85 bits per heavy atom. The van der Waals surface area contributed by atoms with Gasteiger partial charge in [0, 0.05) is 36.1 Å². The lowest BCUT2D eigenvalue weighted by molar-refractivity contribution is 0.192. The maximum Gasteiger partial charge on any atom is 0.285 e. The predicted octanol–water partition coefficient (Wildman–Crippen LogP) is 3.29. The molecule has 5 rings (SSSR count). The highest BCUT2D eigenvalue weighted by Crippen LogP contribution is 2.28. The van der Waals surface area contributed by atoms with E-state index in [1.54, 1.807) is 24.4 Å². The van der Waals surface area contributed by atoms with Crippen LogP contribution in [0.3, 0.4) is 0 Å². The molecular weight excluding hydrogens is 455 g/mol. The Kier molecular flexibility index (Phi) is 6.70. The van der Waals surface area contributed by atoms with Crippen molar-refractivity contribution in [1.82, 2.24) is 25.6 Å². The fraction of sp³-hybridized carbons (Fsp3) is 0.333. The number of carbonyl (C=O) groups is 1. The van der Waals surface area contributed by atoms with Gasteiger partial charge in [0.15, 0.2) is 6.23 Å². The molecule has 3 N–H and O–H groups in total. The van der Waals surface area contributed by atoms with Crippen LogP contribution in [0.25, 0.3) is 17.0 Å². The summed E-state index contributed by atoms with van der Waals surface area (Å²) in [6, 6.07) is 10.3. The maximum atomic E-state index is 13.3. The molecule has 2 saturated heterocycles. The van der Waals surface area contributed by atoms with Gasteiger partial charge >= 0.3 is 0 Å². The van der Waals surface area contributed by atoms with Crippen molar-refractivity contribution < 1.29 is 14.3 Å². The number of nitrogens with zero attached hydrogens (tertiary/aromatic N) is 4. The number of aliphatic hydroxyl groups is 1. The molecule has 8 nitrogen and oxygen atoms in total. The van der Waals surface area contributed by atoms with Crippen LogP contribution in [0.15, 0.2) is 47.5 Å². The summed E-state index contributed by atoms with van der Waals surface area (Å²) in [5.74, 6) is 0.966. The molecule has 2 fully saturated rings.